The quantitative estimate of drug-likeness (QED) is 0.798. The van der Waals surface area contributed by atoms with E-state index in [1.165, 1.54) is 15.1 Å². The van der Waals surface area contributed by atoms with Gasteiger partial charge in [-0.1, -0.05) is 25.1 Å². The van der Waals surface area contributed by atoms with Crippen molar-refractivity contribution < 1.29 is 0 Å². The van der Waals surface area contributed by atoms with E-state index in [0.29, 0.717) is 0 Å². The summed E-state index contributed by atoms with van der Waals surface area (Å²) in [6.07, 6.45) is 1.86. The third kappa shape index (κ3) is 2.37. The van der Waals surface area contributed by atoms with Crippen LogP contribution in [0.15, 0.2) is 36.4 Å². The van der Waals surface area contributed by atoms with Gasteiger partial charge in [0.2, 0.25) is 0 Å². The number of aromatic nitrogens is 2. The smallest absolute Gasteiger partial charge is 0.0722 e. The lowest BCUT2D eigenvalue weighted by atomic mass is 10.1. The number of para-hydroxylation sites is 1. The summed E-state index contributed by atoms with van der Waals surface area (Å²) in [6, 6.07) is 12.7. The van der Waals surface area contributed by atoms with Crippen molar-refractivity contribution in [3.05, 3.63) is 51.8 Å². The highest BCUT2D eigenvalue weighted by atomic mass is 32.1. The standard InChI is InChI=1S/C16H19N3S/c1-3-11-8-9-16(20-11)13(17)10-14-12-6-4-5-7-15(12)19(2)18-14/h4-9,13H,3,10,17H2,1-2H3. The van der Waals surface area contributed by atoms with E-state index in [0.717, 1.165) is 24.1 Å². The first-order chi connectivity index (χ1) is 9.69. The van der Waals surface area contributed by atoms with Crippen LogP contribution in [0.4, 0.5) is 0 Å². The summed E-state index contributed by atoms with van der Waals surface area (Å²) >= 11 is 1.81. The van der Waals surface area contributed by atoms with Crippen molar-refractivity contribution in [2.45, 2.75) is 25.8 Å². The summed E-state index contributed by atoms with van der Waals surface area (Å²) in [7, 11) is 1.98. The lowest BCUT2D eigenvalue weighted by Gasteiger charge is -2.07. The number of hydrogen-bond acceptors (Lipinski definition) is 3. The fourth-order valence-corrected chi connectivity index (χ4v) is 3.49. The first-order valence-corrected chi connectivity index (χ1v) is 7.75. The fourth-order valence-electron chi connectivity index (χ4n) is 2.53. The maximum absolute atomic E-state index is 6.36. The van der Waals surface area contributed by atoms with Crippen molar-refractivity contribution in [1.82, 2.24) is 9.78 Å². The Morgan fingerprint density at radius 3 is 2.80 bits per heavy atom. The average Bonchev–Trinajstić information content (AvgIpc) is 3.05. The minimum Gasteiger partial charge on any atom is -0.323 e. The highest BCUT2D eigenvalue weighted by Gasteiger charge is 2.14. The second kappa shape index (κ2) is 5.38. The molecule has 3 nitrogen and oxygen atoms in total. The molecule has 3 aromatic rings. The number of hydrogen-bond donors (Lipinski definition) is 1. The minimum absolute atomic E-state index is 0.0265. The molecule has 20 heavy (non-hydrogen) atoms. The topological polar surface area (TPSA) is 43.8 Å². The van der Waals surface area contributed by atoms with Crippen LogP contribution in [0.3, 0.4) is 0 Å². The van der Waals surface area contributed by atoms with Crippen LogP contribution in [0.25, 0.3) is 10.9 Å². The molecule has 4 heteroatoms. The van der Waals surface area contributed by atoms with Crippen molar-refractivity contribution in [2.75, 3.05) is 0 Å². The molecule has 1 aromatic carbocycles. The Labute approximate surface area is 123 Å². The van der Waals surface area contributed by atoms with Crippen LogP contribution in [-0.4, -0.2) is 9.78 Å². The van der Waals surface area contributed by atoms with Crippen LogP contribution in [-0.2, 0) is 19.9 Å². The van der Waals surface area contributed by atoms with Gasteiger partial charge >= 0.3 is 0 Å². The van der Waals surface area contributed by atoms with E-state index in [1.807, 2.05) is 29.1 Å². The Kier molecular flexibility index (Phi) is 3.59. The van der Waals surface area contributed by atoms with E-state index in [-0.39, 0.29) is 6.04 Å². The zero-order valence-electron chi connectivity index (χ0n) is 11.8. The molecule has 1 atom stereocenters. The average molecular weight is 285 g/mol. The molecule has 0 aliphatic heterocycles. The van der Waals surface area contributed by atoms with Gasteiger partial charge in [-0.3, -0.25) is 4.68 Å². The minimum atomic E-state index is 0.0265. The number of nitrogens with zero attached hydrogens (tertiary/aromatic N) is 2. The molecular formula is C16H19N3S. The zero-order valence-corrected chi connectivity index (χ0v) is 12.7. The van der Waals surface area contributed by atoms with Crippen molar-refractivity contribution in [2.24, 2.45) is 12.8 Å². The Balaban J connectivity index is 1.89. The summed E-state index contributed by atoms with van der Waals surface area (Å²) in [6.45, 7) is 2.17. The molecule has 0 spiro atoms. The molecule has 0 radical (unpaired) electrons. The number of nitrogens with two attached hydrogens (primary N) is 1. The molecule has 1 unspecified atom stereocenters. The lowest BCUT2D eigenvalue weighted by molar-refractivity contribution is 0.691. The van der Waals surface area contributed by atoms with Gasteiger partial charge in [0.1, 0.15) is 0 Å². The summed E-state index contributed by atoms with van der Waals surface area (Å²) in [5, 5.41) is 5.83. The zero-order chi connectivity index (χ0) is 14.1. The highest BCUT2D eigenvalue weighted by Crippen LogP contribution is 2.27. The van der Waals surface area contributed by atoms with E-state index in [9.17, 15) is 0 Å². The molecule has 0 fully saturated rings. The first-order valence-electron chi connectivity index (χ1n) is 6.94. The second-order valence-corrected chi connectivity index (χ2v) is 6.26. The SMILES string of the molecule is CCc1ccc(C(N)Cc2nn(C)c3ccccc23)s1. The molecule has 0 saturated heterocycles. The van der Waals surface area contributed by atoms with Crippen LogP contribution in [0.5, 0.6) is 0 Å². The third-order valence-electron chi connectivity index (χ3n) is 3.64. The predicted molar refractivity (Wildman–Crippen MR) is 85.0 cm³/mol. The van der Waals surface area contributed by atoms with E-state index in [1.54, 1.807) is 0 Å². The largest absolute Gasteiger partial charge is 0.323 e. The number of thiophene rings is 1. The van der Waals surface area contributed by atoms with Gasteiger partial charge in [0, 0.05) is 34.7 Å². The van der Waals surface area contributed by atoms with Gasteiger partial charge in [-0.05, 0) is 24.6 Å². The number of benzene rings is 1. The summed E-state index contributed by atoms with van der Waals surface area (Å²) in [5.41, 5.74) is 8.60. The second-order valence-electron chi connectivity index (χ2n) is 5.06. The summed E-state index contributed by atoms with van der Waals surface area (Å²) < 4.78 is 1.93. The van der Waals surface area contributed by atoms with Crippen molar-refractivity contribution in [3.8, 4) is 0 Å². The van der Waals surface area contributed by atoms with E-state index in [2.05, 4.69) is 42.4 Å². The fraction of sp³-hybridized carbons (Fsp3) is 0.312. The van der Waals surface area contributed by atoms with Crippen molar-refractivity contribution in [3.63, 3.8) is 0 Å². The van der Waals surface area contributed by atoms with Crippen LogP contribution in [0, 0.1) is 0 Å². The van der Waals surface area contributed by atoms with Crippen molar-refractivity contribution >= 4 is 22.2 Å². The van der Waals surface area contributed by atoms with E-state index < -0.39 is 0 Å². The molecule has 0 bridgehead atoms. The summed E-state index contributed by atoms with van der Waals surface area (Å²) in [4.78, 5) is 2.64. The molecule has 2 aromatic heterocycles. The first kappa shape index (κ1) is 13.3. The molecule has 3 rings (SSSR count). The lowest BCUT2D eigenvalue weighted by Crippen LogP contribution is -2.12. The monoisotopic (exact) mass is 285 g/mol. The molecular weight excluding hydrogens is 266 g/mol. The number of rotatable bonds is 4. The Morgan fingerprint density at radius 1 is 1.25 bits per heavy atom. The molecule has 0 saturated carbocycles. The summed E-state index contributed by atoms with van der Waals surface area (Å²) in [5.74, 6) is 0. The van der Waals surface area contributed by atoms with Gasteiger partial charge in [-0.15, -0.1) is 11.3 Å². The maximum atomic E-state index is 6.36. The predicted octanol–water partition coefficient (Wildman–Crippen LogP) is 3.44. The number of aryl methyl sites for hydroxylation is 2. The molecule has 0 aliphatic rings. The van der Waals surface area contributed by atoms with Gasteiger partial charge in [-0.25, -0.2) is 0 Å². The van der Waals surface area contributed by atoms with Gasteiger partial charge in [0.05, 0.1) is 11.2 Å². The third-order valence-corrected chi connectivity index (χ3v) is 5.01. The Morgan fingerprint density at radius 2 is 2.05 bits per heavy atom. The van der Waals surface area contributed by atoms with Crippen LogP contribution < -0.4 is 5.73 Å². The van der Waals surface area contributed by atoms with Gasteiger partial charge in [-0.2, -0.15) is 5.10 Å². The van der Waals surface area contributed by atoms with Gasteiger partial charge < -0.3 is 5.73 Å². The van der Waals surface area contributed by atoms with Crippen molar-refractivity contribution in [1.29, 1.82) is 0 Å². The van der Waals surface area contributed by atoms with E-state index in [4.69, 9.17) is 5.73 Å². The molecule has 104 valence electrons. The molecule has 2 heterocycles. The van der Waals surface area contributed by atoms with Crippen LogP contribution in [0.2, 0.25) is 0 Å². The highest BCUT2D eigenvalue weighted by molar-refractivity contribution is 7.12. The molecule has 2 N–H and O–H groups in total. The van der Waals surface area contributed by atoms with E-state index >= 15 is 0 Å². The van der Waals surface area contributed by atoms with Crippen LogP contribution >= 0.6 is 11.3 Å². The Bertz CT molecular complexity index is 726. The van der Waals surface area contributed by atoms with Gasteiger partial charge in [0.15, 0.2) is 0 Å². The maximum Gasteiger partial charge on any atom is 0.0722 e. The normalized spacial score (nSPS) is 12.9. The van der Waals surface area contributed by atoms with Crippen LogP contribution in [0.1, 0.15) is 28.4 Å². The molecule has 0 aliphatic carbocycles. The Hall–Kier alpha value is -1.65. The molecule has 0 amide bonds. The van der Waals surface area contributed by atoms with Gasteiger partial charge in [0.25, 0.3) is 0 Å². The number of fused-ring (bicyclic) bond motifs is 1.